The molecule has 0 spiro atoms. The van der Waals surface area contributed by atoms with Gasteiger partial charge in [0.15, 0.2) is 0 Å². The highest BCUT2D eigenvalue weighted by molar-refractivity contribution is 6.76. The largest absolute Gasteiger partial charge is 0.463 e. The third-order valence-corrected chi connectivity index (χ3v) is 11.2. The van der Waals surface area contributed by atoms with Crippen molar-refractivity contribution < 1.29 is 22.6 Å². The van der Waals surface area contributed by atoms with Crippen LogP contribution in [-0.2, 0) is 30.6 Å². The van der Waals surface area contributed by atoms with Crippen molar-refractivity contribution in [1.29, 1.82) is 5.26 Å². The number of halogens is 3. The molecule has 1 N–H and O–H groups in total. The number of ether oxygens (including phenoxy) is 2. The second kappa shape index (κ2) is 14.2. The van der Waals surface area contributed by atoms with E-state index in [0.29, 0.717) is 74.7 Å². The molecule has 2 aromatic heterocycles. The average Bonchev–Trinajstić information content (AvgIpc) is 3.66. The van der Waals surface area contributed by atoms with Gasteiger partial charge in [-0.2, -0.15) is 33.5 Å². The molecule has 0 radical (unpaired) electrons. The third kappa shape index (κ3) is 7.88. The van der Waals surface area contributed by atoms with Crippen LogP contribution in [0.3, 0.4) is 0 Å². The number of nitriles is 1. The fraction of sp³-hybridized carbons (Fsp3) is 0.636. The van der Waals surface area contributed by atoms with Gasteiger partial charge in [-0.3, -0.25) is 0 Å². The molecule has 11 nitrogen and oxygen atoms in total. The molecule has 3 aliphatic heterocycles. The normalized spacial score (nSPS) is 20.7. The lowest BCUT2D eigenvalue weighted by atomic mass is 10.0. The zero-order valence-electron chi connectivity index (χ0n) is 28.3. The lowest BCUT2D eigenvalue weighted by Crippen LogP contribution is -2.51. The number of piperazine rings is 1. The van der Waals surface area contributed by atoms with E-state index in [1.54, 1.807) is 9.58 Å². The van der Waals surface area contributed by atoms with Gasteiger partial charge in [-0.1, -0.05) is 19.6 Å². The van der Waals surface area contributed by atoms with E-state index in [1.165, 1.54) is 12.3 Å². The Balaban J connectivity index is 1.32. The Bertz CT molecular complexity index is 1640. The summed E-state index contributed by atoms with van der Waals surface area (Å²) in [6.45, 7) is 12.5. The van der Waals surface area contributed by atoms with Gasteiger partial charge in [0.25, 0.3) is 0 Å². The minimum atomic E-state index is -4.56. The molecule has 15 heteroatoms. The Kier molecular flexibility index (Phi) is 10.2. The van der Waals surface area contributed by atoms with Crippen molar-refractivity contribution in [3.63, 3.8) is 0 Å². The number of hydrogen-bond acceptors (Lipinski definition) is 10. The monoisotopic (exact) mass is 685 g/mol. The number of fused-ring (bicyclic) bond motifs is 2. The van der Waals surface area contributed by atoms with E-state index in [2.05, 4.69) is 53.0 Å². The summed E-state index contributed by atoms with van der Waals surface area (Å²) in [5.41, 5.74) is 1.58. The predicted molar refractivity (Wildman–Crippen MR) is 181 cm³/mol. The minimum absolute atomic E-state index is 0.00384. The van der Waals surface area contributed by atoms with Crippen LogP contribution in [0, 0.1) is 17.2 Å². The maximum Gasteiger partial charge on any atom is 0.418 e. The number of nitrogens with one attached hydrogen (secondary N) is 1. The number of hydrogen-bond donors (Lipinski definition) is 1. The van der Waals surface area contributed by atoms with Crippen LogP contribution in [0.5, 0.6) is 6.01 Å². The van der Waals surface area contributed by atoms with Gasteiger partial charge >= 0.3 is 12.2 Å². The Morgan fingerprint density at radius 1 is 1.10 bits per heavy atom. The van der Waals surface area contributed by atoms with Crippen molar-refractivity contribution in [1.82, 2.24) is 30.0 Å². The van der Waals surface area contributed by atoms with Crippen LogP contribution in [0.4, 0.5) is 24.7 Å². The summed E-state index contributed by atoms with van der Waals surface area (Å²) >= 11 is 0. The number of likely N-dealkylation sites (tertiary alicyclic amines) is 1. The first-order valence-electron chi connectivity index (χ1n) is 16.8. The number of benzene rings is 1. The van der Waals surface area contributed by atoms with Gasteiger partial charge in [0.05, 0.1) is 54.3 Å². The van der Waals surface area contributed by atoms with Crippen LogP contribution in [0.1, 0.15) is 29.7 Å². The highest BCUT2D eigenvalue weighted by Gasteiger charge is 2.38. The summed E-state index contributed by atoms with van der Waals surface area (Å²) in [5.74, 6) is 1.11. The van der Waals surface area contributed by atoms with Crippen LogP contribution in [0.25, 0.3) is 10.9 Å². The number of alkyl halides is 3. The lowest BCUT2D eigenvalue weighted by Gasteiger charge is -2.37. The highest BCUT2D eigenvalue weighted by Crippen LogP contribution is 2.43. The molecule has 0 amide bonds. The van der Waals surface area contributed by atoms with E-state index in [-0.39, 0.29) is 31.0 Å². The predicted octanol–water partition coefficient (Wildman–Crippen LogP) is 4.74. The van der Waals surface area contributed by atoms with Crippen molar-refractivity contribution in [2.75, 3.05) is 69.3 Å². The molecular formula is C33H46F3N9O2Si. The van der Waals surface area contributed by atoms with Gasteiger partial charge in [0.1, 0.15) is 12.5 Å². The first kappa shape index (κ1) is 34.4. The van der Waals surface area contributed by atoms with E-state index < -0.39 is 19.8 Å². The van der Waals surface area contributed by atoms with Gasteiger partial charge in [0.2, 0.25) is 0 Å². The van der Waals surface area contributed by atoms with Crippen LogP contribution in [0.15, 0.2) is 18.3 Å². The Morgan fingerprint density at radius 2 is 1.94 bits per heavy atom. The van der Waals surface area contributed by atoms with Crippen LogP contribution >= 0.6 is 0 Å². The standard InChI is InChI=1S/C33H46F3N9O2Si/c1-42-12-8-23(18-42)21-47-32-40-28-20-43(13-9-25(28)31(41-32)44-14-11-38-24(19-44)7-10-37)30-26-17-39-45(22-46-15-16-48(2,3)4)29(26)6-5-27(30)33(34,35)36/h5-6,17,23-24,38H,7-9,11-16,18-22H2,1-4H3/t23-,24?/m1/s1. The fourth-order valence-electron chi connectivity index (χ4n) is 6.87. The lowest BCUT2D eigenvalue weighted by molar-refractivity contribution is -0.137. The van der Waals surface area contributed by atoms with Crippen LogP contribution < -0.4 is 19.9 Å². The van der Waals surface area contributed by atoms with E-state index >= 15 is 0 Å². The minimum Gasteiger partial charge on any atom is -0.463 e. The molecule has 0 aliphatic carbocycles. The molecular weight excluding hydrogens is 640 g/mol. The summed E-state index contributed by atoms with van der Waals surface area (Å²) in [7, 11) is 0.798. The third-order valence-electron chi connectivity index (χ3n) is 9.48. The van der Waals surface area contributed by atoms with Crippen LogP contribution in [0.2, 0.25) is 25.7 Å². The van der Waals surface area contributed by atoms with Crippen molar-refractivity contribution >= 4 is 30.5 Å². The fourth-order valence-corrected chi connectivity index (χ4v) is 7.62. The molecule has 5 heterocycles. The number of rotatable bonds is 11. The first-order chi connectivity index (χ1) is 22.9. The van der Waals surface area contributed by atoms with Crippen molar-refractivity contribution in [3.8, 4) is 12.1 Å². The van der Waals surface area contributed by atoms with Gasteiger partial charge < -0.3 is 29.5 Å². The molecule has 48 heavy (non-hydrogen) atoms. The summed E-state index contributed by atoms with van der Waals surface area (Å²) in [6.07, 6.45) is -1.18. The molecule has 6 rings (SSSR count). The van der Waals surface area contributed by atoms with Crippen LogP contribution in [-0.4, -0.2) is 98.3 Å². The molecule has 2 atom stereocenters. The van der Waals surface area contributed by atoms with Gasteiger partial charge in [-0.15, -0.1) is 0 Å². The zero-order valence-corrected chi connectivity index (χ0v) is 29.3. The van der Waals surface area contributed by atoms with E-state index in [1.807, 2.05) is 0 Å². The smallest absolute Gasteiger partial charge is 0.418 e. The maximum absolute atomic E-state index is 14.6. The molecule has 3 aromatic rings. The number of nitrogens with zero attached hydrogens (tertiary/aromatic N) is 8. The maximum atomic E-state index is 14.6. The molecule has 2 saturated heterocycles. The molecule has 1 aromatic carbocycles. The Hall–Kier alpha value is -3.45. The topological polar surface area (TPSA) is 108 Å². The number of aromatic nitrogens is 4. The van der Waals surface area contributed by atoms with Gasteiger partial charge in [0, 0.05) is 70.3 Å². The average molecular weight is 686 g/mol. The second-order valence-corrected chi connectivity index (χ2v) is 20.1. The second-order valence-electron chi connectivity index (χ2n) is 14.5. The van der Waals surface area contributed by atoms with Crippen molar-refractivity contribution in [3.05, 3.63) is 35.2 Å². The molecule has 1 unspecified atom stereocenters. The van der Waals surface area contributed by atoms with E-state index in [4.69, 9.17) is 19.4 Å². The summed E-state index contributed by atoms with van der Waals surface area (Å²) < 4.78 is 57.5. The molecule has 260 valence electrons. The quantitative estimate of drug-likeness (QED) is 0.225. The summed E-state index contributed by atoms with van der Waals surface area (Å²) in [4.78, 5) is 15.9. The van der Waals surface area contributed by atoms with E-state index in [9.17, 15) is 18.4 Å². The highest BCUT2D eigenvalue weighted by atomic mass is 28.3. The Labute approximate surface area is 281 Å². The molecule has 2 fully saturated rings. The van der Waals surface area contributed by atoms with Crippen molar-refractivity contribution in [2.24, 2.45) is 5.92 Å². The Morgan fingerprint density at radius 3 is 2.67 bits per heavy atom. The summed E-state index contributed by atoms with van der Waals surface area (Å²) in [6, 6.07) is 6.13. The summed E-state index contributed by atoms with van der Waals surface area (Å²) in [5, 5.41) is 17.6. The first-order valence-corrected chi connectivity index (χ1v) is 20.5. The molecule has 3 aliphatic rings. The van der Waals surface area contributed by atoms with E-state index in [0.717, 1.165) is 43.0 Å². The van der Waals surface area contributed by atoms with Crippen molar-refractivity contribution in [2.45, 2.75) is 70.4 Å². The number of anilines is 2. The van der Waals surface area contributed by atoms with Gasteiger partial charge in [-0.25, -0.2) is 4.68 Å². The zero-order chi connectivity index (χ0) is 34.1. The molecule has 0 bridgehead atoms. The SMILES string of the molecule is CN1CC[C@@H](COc2nc3c(c(N4CCNC(CC#N)C4)n2)CCN(c2c(C(F)(F)F)ccc4c2cnn4COCC[Si](C)(C)C)C3)C1. The van der Waals surface area contributed by atoms with Gasteiger partial charge in [-0.05, 0) is 44.6 Å². The molecule has 0 saturated carbocycles.